The van der Waals surface area contributed by atoms with E-state index in [1.165, 1.54) is 22.8 Å². The molecule has 6 heteroatoms. The quantitative estimate of drug-likeness (QED) is 0.202. The first kappa shape index (κ1) is 26.4. The van der Waals surface area contributed by atoms with Crippen molar-refractivity contribution in [1.82, 2.24) is 14.9 Å². The highest BCUT2D eigenvalue weighted by Crippen LogP contribution is 2.48. The van der Waals surface area contributed by atoms with Crippen molar-refractivity contribution in [1.29, 1.82) is 0 Å². The van der Waals surface area contributed by atoms with Crippen LogP contribution in [0.5, 0.6) is 5.75 Å². The van der Waals surface area contributed by atoms with E-state index in [0.717, 1.165) is 48.2 Å². The zero-order valence-electron chi connectivity index (χ0n) is 22.7. The van der Waals surface area contributed by atoms with E-state index in [2.05, 4.69) is 35.4 Å². The maximum absolute atomic E-state index is 15.1. The number of hydrogen-bond donors (Lipinski definition) is 1. The Morgan fingerprint density at radius 1 is 1.13 bits per heavy atom. The van der Waals surface area contributed by atoms with E-state index < -0.39 is 0 Å². The van der Waals surface area contributed by atoms with Gasteiger partial charge in [0.15, 0.2) is 0 Å². The topological polar surface area (TPSA) is 56.1 Å². The molecule has 1 atom stereocenters. The monoisotopic (exact) mass is 523 g/mol. The molecule has 0 saturated carbocycles. The predicted octanol–water partition coefficient (Wildman–Crippen LogP) is 6.48. The van der Waals surface area contributed by atoms with Gasteiger partial charge in [-0.25, -0.2) is 9.37 Å². The van der Waals surface area contributed by atoms with Gasteiger partial charge in [0, 0.05) is 24.2 Å². The Morgan fingerprint density at radius 3 is 2.74 bits per heavy atom. The number of amides is 1. The molecule has 0 aliphatic heterocycles. The Morgan fingerprint density at radius 2 is 1.97 bits per heavy atom. The predicted molar refractivity (Wildman–Crippen MR) is 153 cm³/mol. The average molecular weight is 524 g/mol. The Kier molecular flexibility index (Phi) is 7.64. The van der Waals surface area contributed by atoms with E-state index >= 15 is 4.39 Å². The van der Waals surface area contributed by atoms with Crippen molar-refractivity contribution >= 4 is 12.0 Å². The van der Waals surface area contributed by atoms with E-state index in [1.54, 1.807) is 31.6 Å². The third-order valence-electron chi connectivity index (χ3n) is 7.69. The number of aromatic nitrogens is 2. The molecule has 1 aliphatic carbocycles. The lowest BCUT2D eigenvalue weighted by atomic mass is 9.71. The van der Waals surface area contributed by atoms with E-state index in [1.807, 2.05) is 48.0 Å². The minimum atomic E-state index is -0.376. The molecule has 1 amide bonds. The van der Waals surface area contributed by atoms with Gasteiger partial charge in [0.1, 0.15) is 11.6 Å². The summed E-state index contributed by atoms with van der Waals surface area (Å²) in [5.74, 6) is 0.370. The molecule has 0 fully saturated rings. The van der Waals surface area contributed by atoms with Gasteiger partial charge in [0.05, 0.1) is 24.8 Å². The van der Waals surface area contributed by atoms with Gasteiger partial charge in [0.2, 0.25) is 5.91 Å². The van der Waals surface area contributed by atoms with Crippen molar-refractivity contribution < 1.29 is 13.9 Å². The second-order valence-electron chi connectivity index (χ2n) is 10.3. The molecule has 0 spiro atoms. The molecule has 1 aromatic heterocycles. The lowest BCUT2D eigenvalue weighted by Crippen LogP contribution is -2.29. The minimum Gasteiger partial charge on any atom is -0.495 e. The van der Waals surface area contributed by atoms with Crippen LogP contribution in [0.2, 0.25) is 0 Å². The molecule has 0 radical (unpaired) electrons. The number of carbonyl (C=O) groups is 1. The van der Waals surface area contributed by atoms with Crippen LogP contribution < -0.4 is 10.1 Å². The largest absolute Gasteiger partial charge is 0.495 e. The van der Waals surface area contributed by atoms with Gasteiger partial charge < -0.3 is 14.6 Å². The van der Waals surface area contributed by atoms with Crippen LogP contribution in [0.4, 0.5) is 4.39 Å². The molecule has 5 rings (SSSR count). The number of fused-ring (bicyclic) bond motifs is 1. The van der Waals surface area contributed by atoms with Crippen molar-refractivity contribution in [2.75, 3.05) is 13.7 Å². The number of methoxy groups -OCH3 is 1. The molecular weight excluding hydrogens is 489 g/mol. The van der Waals surface area contributed by atoms with E-state index in [9.17, 15) is 4.79 Å². The summed E-state index contributed by atoms with van der Waals surface area (Å²) in [6, 6.07) is 19.4. The molecule has 1 aliphatic rings. The number of imidazole rings is 1. The fraction of sp³-hybridized carbons (Fsp3) is 0.273. The Labute approximate surface area is 229 Å². The standard InChI is InChI=1S/C33H34FN3O2/c1-23-9-12-26-15-17-33(28(26)19-23,27-7-4-5-8-29(27)34)16-6-18-35-32(38)14-11-25-10-13-30(31(20-25)39-3)37-21-24(2)36-22-37/h4-5,7-14,19-22H,6,15-18H2,1-3H3,(H,35,38). The van der Waals surface area contributed by atoms with Crippen molar-refractivity contribution in [3.05, 3.63) is 119 Å². The highest BCUT2D eigenvalue weighted by Gasteiger charge is 2.41. The van der Waals surface area contributed by atoms with E-state index in [0.29, 0.717) is 12.3 Å². The van der Waals surface area contributed by atoms with Crippen LogP contribution in [0, 0.1) is 19.7 Å². The molecule has 0 bridgehead atoms. The molecular formula is C33H34FN3O2. The van der Waals surface area contributed by atoms with E-state index in [-0.39, 0.29) is 17.1 Å². The molecule has 0 saturated heterocycles. The summed E-state index contributed by atoms with van der Waals surface area (Å²) < 4.78 is 22.5. The van der Waals surface area contributed by atoms with Gasteiger partial charge in [-0.2, -0.15) is 0 Å². The number of benzene rings is 3. The first-order valence-electron chi connectivity index (χ1n) is 13.4. The van der Waals surface area contributed by atoms with Gasteiger partial charge in [-0.1, -0.05) is 48.0 Å². The van der Waals surface area contributed by atoms with Gasteiger partial charge in [-0.3, -0.25) is 4.79 Å². The summed E-state index contributed by atoms with van der Waals surface area (Å²) in [7, 11) is 1.63. The van der Waals surface area contributed by atoms with Crippen LogP contribution in [-0.2, 0) is 16.6 Å². The molecule has 1 N–H and O–H groups in total. The van der Waals surface area contributed by atoms with Crippen molar-refractivity contribution in [2.45, 2.75) is 44.9 Å². The minimum absolute atomic E-state index is 0.161. The number of nitrogens with zero attached hydrogens (tertiary/aromatic N) is 2. The van der Waals surface area contributed by atoms with E-state index in [4.69, 9.17) is 4.74 Å². The number of ether oxygens (including phenoxy) is 1. The van der Waals surface area contributed by atoms with Crippen LogP contribution >= 0.6 is 0 Å². The second-order valence-corrected chi connectivity index (χ2v) is 10.3. The van der Waals surface area contributed by atoms with Crippen LogP contribution in [0.1, 0.15) is 52.8 Å². The lowest BCUT2D eigenvalue weighted by Gasteiger charge is -2.32. The summed E-state index contributed by atoms with van der Waals surface area (Å²) >= 11 is 0. The first-order chi connectivity index (χ1) is 18.9. The summed E-state index contributed by atoms with van der Waals surface area (Å²) in [4.78, 5) is 16.9. The molecule has 3 aromatic carbocycles. The number of carbonyl (C=O) groups excluding carboxylic acids is 1. The molecule has 1 heterocycles. The number of aryl methyl sites for hydroxylation is 3. The zero-order valence-corrected chi connectivity index (χ0v) is 22.7. The van der Waals surface area contributed by atoms with Gasteiger partial charge in [-0.15, -0.1) is 0 Å². The van der Waals surface area contributed by atoms with Crippen LogP contribution in [0.3, 0.4) is 0 Å². The molecule has 39 heavy (non-hydrogen) atoms. The zero-order chi connectivity index (χ0) is 27.4. The SMILES string of the molecule is COc1cc(C=CC(=O)NCCCC2(c3ccccc3F)CCc3ccc(C)cc32)ccc1-n1cnc(C)c1. The fourth-order valence-electron chi connectivity index (χ4n) is 5.76. The molecule has 1 unspecified atom stereocenters. The number of halogens is 1. The number of nitrogens with one attached hydrogen (secondary N) is 1. The molecule has 4 aromatic rings. The van der Waals surface area contributed by atoms with Crippen LogP contribution in [0.15, 0.2) is 79.3 Å². The van der Waals surface area contributed by atoms with Crippen molar-refractivity contribution in [3.63, 3.8) is 0 Å². The first-order valence-corrected chi connectivity index (χ1v) is 13.4. The third-order valence-corrected chi connectivity index (χ3v) is 7.69. The summed E-state index contributed by atoms with van der Waals surface area (Å²) in [5.41, 5.74) is 6.74. The second kappa shape index (κ2) is 11.3. The Balaban J connectivity index is 1.24. The number of hydrogen-bond acceptors (Lipinski definition) is 3. The molecule has 200 valence electrons. The van der Waals surface area contributed by atoms with Crippen LogP contribution in [-0.4, -0.2) is 29.1 Å². The molecule has 5 nitrogen and oxygen atoms in total. The maximum atomic E-state index is 15.1. The summed E-state index contributed by atoms with van der Waals surface area (Å²) in [5, 5.41) is 3.00. The normalized spacial score (nSPS) is 16.4. The van der Waals surface area contributed by atoms with Crippen molar-refractivity contribution in [2.24, 2.45) is 0 Å². The summed E-state index contributed by atoms with van der Waals surface area (Å²) in [6.07, 6.45) is 10.3. The number of rotatable bonds is 9. The van der Waals surface area contributed by atoms with Gasteiger partial charge >= 0.3 is 0 Å². The summed E-state index contributed by atoms with van der Waals surface area (Å²) in [6.45, 7) is 4.54. The van der Waals surface area contributed by atoms with Gasteiger partial charge in [-0.05, 0) is 86.1 Å². The smallest absolute Gasteiger partial charge is 0.243 e. The third kappa shape index (κ3) is 5.51. The Bertz CT molecular complexity index is 1520. The maximum Gasteiger partial charge on any atom is 0.243 e. The highest BCUT2D eigenvalue weighted by atomic mass is 19.1. The van der Waals surface area contributed by atoms with Crippen LogP contribution in [0.25, 0.3) is 11.8 Å². The van der Waals surface area contributed by atoms with Gasteiger partial charge in [0.25, 0.3) is 0 Å². The lowest BCUT2D eigenvalue weighted by molar-refractivity contribution is -0.116. The highest BCUT2D eigenvalue weighted by molar-refractivity contribution is 5.91. The van der Waals surface area contributed by atoms with Crippen molar-refractivity contribution in [3.8, 4) is 11.4 Å². The average Bonchev–Trinajstić information content (AvgIpc) is 3.54. The fourth-order valence-corrected chi connectivity index (χ4v) is 5.76. The Hall–Kier alpha value is -4.19.